The lowest BCUT2D eigenvalue weighted by molar-refractivity contribution is -0.119. The Hall–Kier alpha value is -2.38. The van der Waals surface area contributed by atoms with Crippen LogP contribution in [-0.4, -0.2) is 38.7 Å². The van der Waals surface area contributed by atoms with E-state index in [1.54, 1.807) is 13.2 Å². The molecule has 1 saturated heterocycles. The van der Waals surface area contributed by atoms with Gasteiger partial charge in [0.15, 0.2) is 0 Å². The van der Waals surface area contributed by atoms with E-state index < -0.39 is 0 Å². The number of nitrogens with one attached hydrogen (secondary N) is 2. The number of hydrogen-bond acceptors (Lipinski definition) is 5. The van der Waals surface area contributed by atoms with Crippen molar-refractivity contribution in [3.63, 3.8) is 0 Å². The zero-order chi connectivity index (χ0) is 20.9. The van der Waals surface area contributed by atoms with Crippen molar-refractivity contribution in [2.24, 2.45) is 0 Å². The highest BCUT2D eigenvalue weighted by atomic mass is 32.1. The predicted molar refractivity (Wildman–Crippen MR) is 114 cm³/mol. The van der Waals surface area contributed by atoms with Crippen LogP contribution in [0, 0.1) is 6.92 Å². The van der Waals surface area contributed by atoms with Crippen LogP contribution in [0.4, 0.5) is 0 Å². The molecule has 1 aliphatic rings. The Morgan fingerprint density at radius 1 is 1.17 bits per heavy atom. The molecule has 2 aromatic rings. The lowest BCUT2D eigenvalue weighted by Gasteiger charge is -2.38. The summed E-state index contributed by atoms with van der Waals surface area (Å²) < 4.78 is 11.2. The summed E-state index contributed by atoms with van der Waals surface area (Å²) in [4.78, 5) is 25.5. The summed E-state index contributed by atoms with van der Waals surface area (Å²) in [5.74, 6) is 0.667. The monoisotopic (exact) mass is 416 g/mol. The summed E-state index contributed by atoms with van der Waals surface area (Å²) in [5, 5.41) is 5.89. The van der Waals surface area contributed by atoms with Gasteiger partial charge in [0, 0.05) is 42.5 Å². The summed E-state index contributed by atoms with van der Waals surface area (Å²) in [6.07, 6.45) is 1.65. The van der Waals surface area contributed by atoms with E-state index in [1.807, 2.05) is 18.2 Å². The molecule has 0 bridgehead atoms. The molecule has 7 heteroatoms. The van der Waals surface area contributed by atoms with Crippen molar-refractivity contribution in [2.45, 2.75) is 38.6 Å². The van der Waals surface area contributed by atoms with Gasteiger partial charge in [0.2, 0.25) is 5.91 Å². The first-order valence-electron chi connectivity index (χ1n) is 9.78. The molecule has 6 nitrogen and oxygen atoms in total. The fourth-order valence-electron chi connectivity index (χ4n) is 3.68. The highest BCUT2D eigenvalue weighted by Crippen LogP contribution is 2.40. The summed E-state index contributed by atoms with van der Waals surface area (Å²) in [5.41, 5.74) is 2.07. The van der Waals surface area contributed by atoms with E-state index in [4.69, 9.17) is 9.47 Å². The van der Waals surface area contributed by atoms with E-state index in [2.05, 4.69) is 23.6 Å². The molecule has 0 atom stereocenters. The van der Waals surface area contributed by atoms with Crippen LogP contribution >= 0.6 is 11.3 Å². The lowest BCUT2D eigenvalue weighted by atomic mass is 9.73. The zero-order valence-electron chi connectivity index (χ0n) is 17.2. The largest absolute Gasteiger partial charge is 0.496 e. The topological polar surface area (TPSA) is 76.7 Å². The van der Waals surface area contributed by atoms with Gasteiger partial charge >= 0.3 is 0 Å². The van der Waals surface area contributed by atoms with Crippen LogP contribution in [0.1, 0.15) is 45.4 Å². The number of thiophene rings is 1. The number of rotatable bonds is 7. The van der Waals surface area contributed by atoms with E-state index >= 15 is 0 Å². The fraction of sp³-hybridized carbons (Fsp3) is 0.455. The van der Waals surface area contributed by atoms with Crippen LogP contribution in [0.2, 0.25) is 0 Å². The van der Waals surface area contributed by atoms with Gasteiger partial charge in [-0.1, -0.05) is 17.7 Å². The molecule has 3 rings (SSSR count). The molecule has 2 amide bonds. The van der Waals surface area contributed by atoms with Gasteiger partial charge in [0.25, 0.3) is 5.91 Å². The summed E-state index contributed by atoms with van der Waals surface area (Å²) >= 11 is 1.40. The van der Waals surface area contributed by atoms with Crippen molar-refractivity contribution in [3.8, 4) is 5.75 Å². The Bertz CT molecular complexity index is 871. The number of amides is 2. The first kappa shape index (κ1) is 21.3. The molecular formula is C22H28N2O4S. The average molecular weight is 417 g/mol. The van der Waals surface area contributed by atoms with Gasteiger partial charge in [-0.25, -0.2) is 0 Å². The normalized spacial score (nSPS) is 15.6. The van der Waals surface area contributed by atoms with Gasteiger partial charge < -0.3 is 20.1 Å². The minimum atomic E-state index is -0.221. The van der Waals surface area contributed by atoms with Crippen molar-refractivity contribution in [1.29, 1.82) is 0 Å². The molecule has 0 saturated carbocycles. The second-order valence-electron chi connectivity index (χ2n) is 7.45. The van der Waals surface area contributed by atoms with Crippen molar-refractivity contribution in [2.75, 3.05) is 26.9 Å². The van der Waals surface area contributed by atoms with Gasteiger partial charge in [-0.05, 0) is 38.0 Å². The molecule has 2 N–H and O–H groups in total. The van der Waals surface area contributed by atoms with Crippen LogP contribution in [0.25, 0.3) is 0 Å². The third-order valence-electron chi connectivity index (χ3n) is 5.36. The summed E-state index contributed by atoms with van der Waals surface area (Å²) in [6.45, 7) is 5.83. The quantitative estimate of drug-likeness (QED) is 0.727. The van der Waals surface area contributed by atoms with Gasteiger partial charge in [0.05, 0.1) is 18.5 Å². The number of carbonyl (C=O) groups is 2. The van der Waals surface area contributed by atoms with Crippen LogP contribution in [0.3, 0.4) is 0 Å². The molecular weight excluding hydrogens is 388 g/mol. The van der Waals surface area contributed by atoms with Crippen LogP contribution < -0.4 is 15.4 Å². The Balaban J connectivity index is 1.76. The summed E-state index contributed by atoms with van der Waals surface area (Å²) in [6, 6.07) is 9.88. The molecule has 0 spiro atoms. The molecule has 0 radical (unpaired) electrons. The maximum atomic E-state index is 12.8. The molecule has 0 aliphatic carbocycles. The van der Waals surface area contributed by atoms with Crippen molar-refractivity contribution >= 4 is 23.2 Å². The van der Waals surface area contributed by atoms with Crippen LogP contribution in [0.5, 0.6) is 5.75 Å². The molecule has 1 fully saturated rings. The molecule has 1 aliphatic heterocycles. The Labute approximate surface area is 175 Å². The minimum absolute atomic E-state index is 0.0852. The Kier molecular flexibility index (Phi) is 6.92. The fourth-order valence-corrected chi connectivity index (χ4v) is 4.55. The predicted octanol–water partition coefficient (Wildman–Crippen LogP) is 3.18. The Morgan fingerprint density at radius 3 is 2.62 bits per heavy atom. The Morgan fingerprint density at radius 2 is 1.93 bits per heavy atom. The number of benzene rings is 1. The number of carbonyl (C=O) groups excluding carboxylic acids is 2. The SMILES string of the molecule is COc1ccc(C)cc1C1(CNC(=O)c2ccc(CNC(C)=O)s2)CCOCC1. The maximum Gasteiger partial charge on any atom is 0.261 e. The second-order valence-corrected chi connectivity index (χ2v) is 8.62. The van der Waals surface area contributed by atoms with Crippen LogP contribution in [-0.2, 0) is 21.5 Å². The first-order chi connectivity index (χ1) is 13.9. The maximum absolute atomic E-state index is 12.8. The number of aryl methyl sites for hydroxylation is 1. The van der Waals surface area contributed by atoms with E-state index in [0.717, 1.165) is 29.0 Å². The second kappa shape index (κ2) is 9.41. The summed E-state index contributed by atoms with van der Waals surface area (Å²) in [7, 11) is 1.68. The van der Waals surface area contributed by atoms with E-state index in [0.29, 0.717) is 31.2 Å². The molecule has 1 aromatic carbocycles. The first-order valence-corrected chi connectivity index (χ1v) is 10.6. The third kappa shape index (κ3) is 5.16. The van der Waals surface area contributed by atoms with Crippen molar-refractivity contribution < 1.29 is 19.1 Å². The molecule has 156 valence electrons. The number of hydrogen-bond donors (Lipinski definition) is 2. The standard InChI is InChI=1S/C22H28N2O4S/c1-15-4-6-19(27-3)18(12-15)22(8-10-28-11-9-22)14-24-21(26)20-7-5-17(29-20)13-23-16(2)25/h4-7,12H,8-11,13-14H2,1-3H3,(H,23,25)(H,24,26). The smallest absolute Gasteiger partial charge is 0.261 e. The van der Waals surface area contributed by atoms with E-state index in [-0.39, 0.29) is 17.2 Å². The molecule has 29 heavy (non-hydrogen) atoms. The van der Waals surface area contributed by atoms with E-state index in [9.17, 15) is 9.59 Å². The molecule has 2 heterocycles. The van der Waals surface area contributed by atoms with Gasteiger partial charge in [-0.3, -0.25) is 9.59 Å². The zero-order valence-corrected chi connectivity index (χ0v) is 18.0. The highest BCUT2D eigenvalue weighted by Gasteiger charge is 2.37. The average Bonchev–Trinajstić information content (AvgIpc) is 3.20. The van der Waals surface area contributed by atoms with Gasteiger partial charge in [0.1, 0.15) is 5.75 Å². The van der Waals surface area contributed by atoms with Crippen molar-refractivity contribution in [1.82, 2.24) is 10.6 Å². The molecule has 1 aromatic heterocycles. The third-order valence-corrected chi connectivity index (χ3v) is 6.44. The number of methoxy groups -OCH3 is 1. The van der Waals surface area contributed by atoms with Gasteiger partial charge in [-0.2, -0.15) is 0 Å². The van der Waals surface area contributed by atoms with Crippen molar-refractivity contribution in [3.05, 3.63) is 51.2 Å². The van der Waals surface area contributed by atoms with E-state index in [1.165, 1.54) is 23.8 Å². The minimum Gasteiger partial charge on any atom is -0.496 e. The molecule has 0 unspecified atom stereocenters. The lowest BCUT2D eigenvalue weighted by Crippen LogP contribution is -2.44. The van der Waals surface area contributed by atoms with Gasteiger partial charge in [-0.15, -0.1) is 11.3 Å². The van der Waals surface area contributed by atoms with Crippen LogP contribution in [0.15, 0.2) is 30.3 Å². The number of ether oxygens (including phenoxy) is 2. The highest BCUT2D eigenvalue weighted by molar-refractivity contribution is 7.14.